The van der Waals surface area contributed by atoms with Crippen LogP contribution in [0.15, 0.2) is 36.5 Å². The number of nitrogens with one attached hydrogen (secondary N) is 2. The van der Waals surface area contributed by atoms with Gasteiger partial charge >= 0.3 is 0 Å². The highest BCUT2D eigenvalue weighted by molar-refractivity contribution is 5.54. The minimum atomic E-state index is -0.281. The summed E-state index contributed by atoms with van der Waals surface area (Å²) in [6.07, 6.45) is 7.97. The van der Waals surface area contributed by atoms with Gasteiger partial charge in [0.25, 0.3) is 0 Å². The lowest BCUT2D eigenvalue weighted by atomic mass is 9.95. The molecule has 1 aromatic carbocycles. The van der Waals surface area contributed by atoms with E-state index in [0.29, 0.717) is 17.7 Å². The Labute approximate surface area is 123 Å². The summed E-state index contributed by atoms with van der Waals surface area (Å²) in [6, 6.07) is 8.63. The fourth-order valence-electron chi connectivity index (χ4n) is 2.65. The van der Waals surface area contributed by atoms with Gasteiger partial charge in [0.15, 0.2) is 0 Å². The van der Waals surface area contributed by atoms with Gasteiger partial charge in [-0.1, -0.05) is 25.3 Å². The Morgan fingerprint density at radius 2 is 1.95 bits per heavy atom. The van der Waals surface area contributed by atoms with Crippen molar-refractivity contribution < 1.29 is 4.39 Å². The summed E-state index contributed by atoms with van der Waals surface area (Å²) in [5, 5.41) is 6.47. The molecule has 0 saturated heterocycles. The highest BCUT2D eigenvalue weighted by atomic mass is 19.1. The average molecular weight is 286 g/mol. The molecule has 110 valence electrons. The van der Waals surface area contributed by atoms with Crippen LogP contribution in [0.4, 0.5) is 21.8 Å². The molecule has 0 radical (unpaired) electrons. The second kappa shape index (κ2) is 6.52. The van der Waals surface area contributed by atoms with Crippen LogP contribution in [0.3, 0.4) is 0 Å². The fourth-order valence-corrected chi connectivity index (χ4v) is 2.65. The van der Waals surface area contributed by atoms with Crippen molar-refractivity contribution in [1.82, 2.24) is 9.97 Å². The van der Waals surface area contributed by atoms with Crippen molar-refractivity contribution in [2.45, 2.75) is 38.1 Å². The molecular weight excluding hydrogens is 267 g/mol. The zero-order chi connectivity index (χ0) is 14.5. The highest BCUT2D eigenvalue weighted by Crippen LogP contribution is 2.21. The van der Waals surface area contributed by atoms with Crippen molar-refractivity contribution in [1.29, 1.82) is 0 Å². The van der Waals surface area contributed by atoms with Gasteiger partial charge in [-0.25, -0.2) is 9.37 Å². The number of anilines is 3. The van der Waals surface area contributed by atoms with Crippen LogP contribution in [0.5, 0.6) is 0 Å². The first-order chi connectivity index (χ1) is 10.3. The van der Waals surface area contributed by atoms with E-state index in [-0.39, 0.29) is 5.82 Å². The van der Waals surface area contributed by atoms with E-state index in [1.54, 1.807) is 18.3 Å². The second-order valence-corrected chi connectivity index (χ2v) is 5.38. The number of aromatic nitrogens is 2. The Hall–Kier alpha value is -2.17. The zero-order valence-corrected chi connectivity index (χ0v) is 11.8. The minimum absolute atomic E-state index is 0.281. The Balaban J connectivity index is 1.67. The quantitative estimate of drug-likeness (QED) is 0.888. The van der Waals surface area contributed by atoms with Gasteiger partial charge in [-0.2, -0.15) is 4.98 Å². The molecule has 0 spiro atoms. The highest BCUT2D eigenvalue weighted by Gasteiger charge is 2.13. The maximum atomic E-state index is 13.2. The van der Waals surface area contributed by atoms with Gasteiger partial charge in [0.1, 0.15) is 11.6 Å². The molecule has 0 aliphatic heterocycles. The van der Waals surface area contributed by atoms with Crippen LogP contribution in [-0.2, 0) is 0 Å². The third kappa shape index (κ3) is 3.90. The molecule has 0 unspecified atom stereocenters. The number of nitrogens with zero attached hydrogens (tertiary/aromatic N) is 2. The maximum absolute atomic E-state index is 13.2. The molecule has 0 atom stereocenters. The van der Waals surface area contributed by atoms with Crippen LogP contribution >= 0.6 is 0 Å². The van der Waals surface area contributed by atoms with Crippen LogP contribution in [0.2, 0.25) is 0 Å². The lowest BCUT2D eigenvalue weighted by Crippen LogP contribution is -2.22. The van der Waals surface area contributed by atoms with Crippen molar-refractivity contribution in [3.8, 4) is 0 Å². The van der Waals surface area contributed by atoms with E-state index in [1.165, 1.54) is 44.2 Å². The van der Waals surface area contributed by atoms with E-state index in [4.69, 9.17) is 0 Å². The van der Waals surface area contributed by atoms with Gasteiger partial charge in [-0.05, 0) is 37.1 Å². The first kappa shape index (κ1) is 13.8. The van der Waals surface area contributed by atoms with Gasteiger partial charge in [0, 0.05) is 17.9 Å². The van der Waals surface area contributed by atoms with Crippen LogP contribution in [-0.4, -0.2) is 16.0 Å². The summed E-state index contributed by atoms with van der Waals surface area (Å²) in [5.74, 6) is 1.01. The lowest BCUT2D eigenvalue weighted by Gasteiger charge is -2.23. The van der Waals surface area contributed by atoms with Crippen molar-refractivity contribution in [2.24, 2.45) is 0 Å². The van der Waals surface area contributed by atoms with E-state index in [1.807, 2.05) is 6.07 Å². The number of hydrogen-bond acceptors (Lipinski definition) is 4. The largest absolute Gasteiger partial charge is 0.367 e. The summed E-state index contributed by atoms with van der Waals surface area (Å²) < 4.78 is 13.2. The molecule has 1 heterocycles. The summed E-state index contributed by atoms with van der Waals surface area (Å²) >= 11 is 0. The van der Waals surface area contributed by atoms with Crippen molar-refractivity contribution in [3.05, 3.63) is 42.3 Å². The van der Waals surface area contributed by atoms with Gasteiger partial charge < -0.3 is 10.6 Å². The number of rotatable bonds is 4. The van der Waals surface area contributed by atoms with Crippen molar-refractivity contribution in [2.75, 3.05) is 10.6 Å². The Kier molecular flexibility index (Phi) is 4.28. The van der Waals surface area contributed by atoms with Crippen LogP contribution in [0.25, 0.3) is 0 Å². The summed E-state index contributed by atoms with van der Waals surface area (Å²) in [4.78, 5) is 8.61. The van der Waals surface area contributed by atoms with Gasteiger partial charge in [-0.15, -0.1) is 0 Å². The molecule has 1 aliphatic carbocycles. The number of hydrogen-bond donors (Lipinski definition) is 2. The van der Waals surface area contributed by atoms with Gasteiger partial charge in [0.05, 0.1) is 0 Å². The van der Waals surface area contributed by atoms with Gasteiger partial charge in [0.2, 0.25) is 5.95 Å². The predicted octanol–water partition coefficient (Wildman–Crippen LogP) is 4.10. The third-order valence-electron chi connectivity index (χ3n) is 3.69. The van der Waals surface area contributed by atoms with Crippen LogP contribution in [0, 0.1) is 5.82 Å². The molecule has 2 N–H and O–H groups in total. The van der Waals surface area contributed by atoms with Crippen molar-refractivity contribution >= 4 is 17.5 Å². The van der Waals surface area contributed by atoms with Gasteiger partial charge in [-0.3, -0.25) is 0 Å². The Morgan fingerprint density at radius 1 is 1.10 bits per heavy atom. The standard InChI is InChI=1S/C16H19FN4/c17-12-5-4-8-14(11-12)20-16-18-10-9-15(21-16)19-13-6-2-1-3-7-13/h4-5,8-11,13H,1-3,6-7H2,(H2,18,19,20,21). The molecule has 21 heavy (non-hydrogen) atoms. The number of benzene rings is 1. The Bertz CT molecular complexity index is 596. The third-order valence-corrected chi connectivity index (χ3v) is 3.69. The summed E-state index contributed by atoms with van der Waals surface area (Å²) in [6.45, 7) is 0. The molecule has 4 nitrogen and oxygen atoms in total. The first-order valence-electron chi connectivity index (χ1n) is 7.42. The molecule has 0 bridgehead atoms. The maximum Gasteiger partial charge on any atom is 0.229 e. The molecule has 2 aromatic rings. The fraction of sp³-hybridized carbons (Fsp3) is 0.375. The average Bonchev–Trinajstić information content (AvgIpc) is 2.49. The number of halogens is 1. The van der Waals surface area contributed by atoms with E-state index in [0.717, 1.165) is 5.82 Å². The summed E-state index contributed by atoms with van der Waals surface area (Å²) in [5.41, 5.74) is 0.643. The van der Waals surface area contributed by atoms with E-state index in [2.05, 4.69) is 20.6 Å². The monoisotopic (exact) mass is 286 g/mol. The lowest BCUT2D eigenvalue weighted by molar-refractivity contribution is 0.462. The van der Waals surface area contributed by atoms with E-state index >= 15 is 0 Å². The van der Waals surface area contributed by atoms with Crippen LogP contribution in [0.1, 0.15) is 32.1 Å². The molecule has 5 heteroatoms. The van der Waals surface area contributed by atoms with E-state index < -0.39 is 0 Å². The normalized spacial score (nSPS) is 15.7. The molecule has 1 aliphatic rings. The molecule has 3 rings (SSSR count). The van der Waals surface area contributed by atoms with E-state index in [9.17, 15) is 4.39 Å². The molecule has 1 aromatic heterocycles. The molecular formula is C16H19FN4. The van der Waals surface area contributed by atoms with Crippen molar-refractivity contribution in [3.63, 3.8) is 0 Å². The predicted molar refractivity (Wildman–Crippen MR) is 82.2 cm³/mol. The SMILES string of the molecule is Fc1cccc(Nc2nccc(NC3CCCCC3)n2)c1. The first-order valence-corrected chi connectivity index (χ1v) is 7.42. The zero-order valence-electron chi connectivity index (χ0n) is 11.8. The Morgan fingerprint density at radius 3 is 2.76 bits per heavy atom. The molecule has 1 fully saturated rings. The topological polar surface area (TPSA) is 49.8 Å². The summed E-state index contributed by atoms with van der Waals surface area (Å²) in [7, 11) is 0. The molecule has 1 saturated carbocycles. The molecule has 0 amide bonds. The minimum Gasteiger partial charge on any atom is -0.367 e. The second-order valence-electron chi connectivity index (χ2n) is 5.38. The smallest absolute Gasteiger partial charge is 0.229 e. The van der Waals surface area contributed by atoms with Crippen LogP contribution < -0.4 is 10.6 Å².